The predicted octanol–water partition coefficient (Wildman–Crippen LogP) is 9.62. The molecule has 1 saturated carbocycles. The van der Waals surface area contributed by atoms with Crippen LogP contribution in [-0.2, 0) is 32.7 Å². The smallest absolute Gasteiger partial charge is 0.462 e. The van der Waals surface area contributed by atoms with E-state index in [4.69, 9.17) is 18.5 Å². The molecule has 8 atom stereocenters. The van der Waals surface area contributed by atoms with Gasteiger partial charge in [-0.3, -0.25) is 18.6 Å². The van der Waals surface area contributed by atoms with E-state index in [2.05, 4.69) is 38.2 Å². The molecule has 0 bridgehead atoms. The van der Waals surface area contributed by atoms with Crippen molar-refractivity contribution >= 4 is 19.8 Å². The molecule has 1 aliphatic carbocycles. The van der Waals surface area contributed by atoms with E-state index in [1.54, 1.807) is 0 Å². The molecule has 0 spiro atoms. The molecule has 358 valence electrons. The van der Waals surface area contributed by atoms with Crippen molar-refractivity contribution in [3.63, 3.8) is 0 Å². The summed E-state index contributed by atoms with van der Waals surface area (Å²) in [6.07, 6.45) is 28.0. The van der Waals surface area contributed by atoms with Crippen molar-refractivity contribution in [1.82, 2.24) is 0 Å². The standard InChI is InChI=1S/C47H87O13P/c1-3-5-7-9-11-13-15-17-18-19-20-21-22-24-26-28-30-32-34-36-41(49)59-39(38-58-61(55,56)60-47-45(53)43(51)42(50)44(52)46(47)54)37-57-40(48)35-33-31-29-27-25-23-16-14-12-10-8-6-4-2/h11,13,17-18,39,42-47,50-54H,3-10,12,14-16,19-38H2,1-2H3,(H,55,56)/t39-,42?,43-,44?,45?,46?,47?/m1/s1. The van der Waals surface area contributed by atoms with Gasteiger partial charge in [0.25, 0.3) is 0 Å². The van der Waals surface area contributed by atoms with Crippen LogP contribution in [0, 0.1) is 0 Å². The molecule has 0 aromatic rings. The number of aliphatic hydroxyl groups excluding tert-OH is 5. The zero-order valence-electron chi connectivity index (χ0n) is 38.0. The summed E-state index contributed by atoms with van der Waals surface area (Å²) in [6.45, 7) is 3.28. The van der Waals surface area contributed by atoms with E-state index in [0.29, 0.717) is 12.8 Å². The number of unbranched alkanes of at least 4 members (excludes halogenated alkanes) is 24. The Morgan fingerprint density at radius 1 is 0.508 bits per heavy atom. The topological polar surface area (TPSA) is 210 Å². The molecule has 1 aliphatic rings. The van der Waals surface area contributed by atoms with E-state index in [0.717, 1.165) is 57.8 Å². The van der Waals surface area contributed by atoms with Crippen LogP contribution < -0.4 is 0 Å². The molecule has 6 N–H and O–H groups in total. The lowest BCUT2D eigenvalue weighted by Crippen LogP contribution is -2.64. The summed E-state index contributed by atoms with van der Waals surface area (Å²) < 4.78 is 33.6. The fraction of sp³-hybridized carbons (Fsp3) is 0.872. The van der Waals surface area contributed by atoms with Crippen molar-refractivity contribution in [3.05, 3.63) is 24.3 Å². The molecule has 14 heteroatoms. The van der Waals surface area contributed by atoms with Crippen LogP contribution in [0.5, 0.6) is 0 Å². The monoisotopic (exact) mass is 891 g/mol. The van der Waals surface area contributed by atoms with Gasteiger partial charge >= 0.3 is 19.8 Å². The van der Waals surface area contributed by atoms with Crippen LogP contribution in [0.2, 0.25) is 0 Å². The predicted molar refractivity (Wildman–Crippen MR) is 240 cm³/mol. The number of phosphoric acid groups is 1. The Morgan fingerprint density at radius 3 is 1.36 bits per heavy atom. The molecule has 13 nitrogen and oxygen atoms in total. The van der Waals surface area contributed by atoms with E-state index >= 15 is 0 Å². The van der Waals surface area contributed by atoms with Gasteiger partial charge < -0.3 is 39.9 Å². The largest absolute Gasteiger partial charge is 0.472 e. The lowest BCUT2D eigenvalue weighted by atomic mass is 9.85. The van der Waals surface area contributed by atoms with Gasteiger partial charge in [0.2, 0.25) is 0 Å². The van der Waals surface area contributed by atoms with Crippen molar-refractivity contribution < 1.29 is 63.1 Å². The quantitative estimate of drug-likeness (QED) is 0.0147. The highest BCUT2D eigenvalue weighted by molar-refractivity contribution is 7.47. The Bertz CT molecular complexity index is 1170. The van der Waals surface area contributed by atoms with E-state index in [1.165, 1.54) is 109 Å². The van der Waals surface area contributed by atoms with Crippen LogP contribution in [0.25, 0.3) is 0 Å². The molecule has 0 heterocycles. The molecule has 0 aromatic carbocycles. The van der Waals surface area contributed by atoms with E-state index in [1.807, 2.05) is 0 Å². The van der Waals surface area contributed by atoms with Crippen molar-refractivity contribution in [3.8, 4) is 0 Å². The Kier molecular flexibility index (Phi) is 35.4. The number of carbonyl (C=O) groups is 2. The first kappa shape index (κ1) is 57.3. The Balaban J connectivity index is 2.42. The number of ether oxygens (including phenoxy) is 2. The van der Waals surface area contributed by atoms with Crippen LogP contribution in [0.15, 0.2) is 24.3 Å². The average molecular weight is 891 g/mol. The molecule has 0 radical (unpaired) electrons. The molecule has 1 fully saturated rings. The van der Waals surface area contributed by atoms with Crippen molar-refractivity contribution in [2.75, 3.05) is 13.2 Å². The van der Waals surface area contributed by atoms with Crippen LogP contribution >= 0.6 is 7.82 Å². The SMILES string of the molecule is CCCCCC=CCC=CCCCCCCCCCCCC(=O)O[C@H](COC(=O)CCCCCCCCCCCCCCC)COP(=O)(O)OC1C(O)C(O)C(O)[C@@H](O)C1O. The van der Waals surface area contributed by atoms with Crippen LogP contribution in [0.4, 0.5) is 0 Å². The van der Waals surface area contributed by atoms with Crippen LogP contribution in [-0.4, -0.2) is 98.3 Å². The van der Waals surface area contributed by atoms with Gasteiger partial charge in [-0.05, 0) is 44.9 Å². The number of phosphoric ester groups is 1. The van der Waals surface area contributed by atoms with Gasteiger partial charge in [0.1, 0.15) is 43.2 Å². The molecular formula is C47H87O13P. The minimum absolute atomic E-state index is 0.0947. The van der Waals surface area contributed by atoms with Gasteiger partial charge in [-0.1, -0.05) is 173 Å². The summed E-state index contributed by atoms with van der Waals surface area (Å²) in [7, 11) is -5.12. The lowest BCUT2D eigenvalue weighted by molar-refractivity contribution is -0.220. The third-order valence-electron chi connectivity index (χ3n) is 11.3. The summed E-state index contributed by atoms with van der Waals surface area (Å²) in [5.74, 6) is -1.10. The van der Waals surface area contributed by atoms with Gasteiger partial charge in [0, 0.05) is 12.8 Å². The minimum atomic E-state index is -5.12. The number of hydrogen-bond acceptors (Lipinski definition) is 12. The number of allylic oxidation sites excluding steroid dienone is 4. The van der Waals surface area contributed by atoms with Gasteiger partial charge in [-0.25, -0.2) is 4.57 Å². The molecule has 0 aromatic heterocycles. The maximum atomic E-state index is 12.8. The first-order valence-electron chi connectivity index (χ1n) is 24.1. The van der Waals surface area contributed by atoms with Gasteiger partial charge in [0.05, 0.1) is 6.61 Å². The maximum Gasteiger partial charge on any atom is 0.472 e. The Morgan fingerprint density at radius 2 is 0.885 bits per heavy atom. The summed E-state index contributed by atoms with van der Waals surface area (Å²) >= 11 is 0. The molecule has 0 aliphatic heterocycles. The third-order valence-corrected chi connectivity index (χ3v) is 12.3. The average Bonchev–Trinajstić information content (AvgIpc) is 3.24. The van der Waals surface area contributed by atoms with Crippen molar-refractivity contribution in [1.29, 1.82) is 0 Å². The highest BCUT2D eigenvalue weighted by Crippen LogP contribution is 2.47. The molecular weight excluding hydrogens is 803 g/mol. The molecule has 6 unspecified atom stereocenters. The minimum Gasteiger partial charge on any atom is -0.462 e. The highest BCUT2D eigenvalue weighted by Gasteiger charge is 2.51. The van der Waals surface area contributed by atoms with E-state index in [9.17, 15) is 44.6 Å². The number of hydrogen-bond donors (Lipinski definition) is 6. The van der Waals surface area contributed by atoms with Crippen molar-refractivity contribution in [2.45, 2.75) is 249 Å². The first-order chi connectivity index (χ1) is 29.4. The van der Waals surface area contributed by atoms with E-state index in [-0.39, 0.29) is 12.8 Å². The molecule has 61 heavy (non-hydrogen) atoms. The van der Waals surface area contributed by atoms with Gasteiger partial charge in [-0.2, -0.15) is 0 Å². The fourth-order valence-corrected chi connectivity index (χ4v) is 8.35. The summed E-state index contributed by atoms with van der Waals surface area (Å²) in [6, 6.07) is 0. The zero-order chi connectivity index (χ0) is 45.0. The third kappa shape index (κ3) is 30.2. The molecule has 0 amide bonds. The Labute approximate surface area is 368 Å². The number of aliphatic hydroxyl groups is 5. The molecule has 1 rings (SSSR count). The van der Waals surface area contributed by atoms with E-state index < -0.39 is 75.7 Å². The fourth-order valence-electron chi connectivity index (χ4n) is 7.38. The number of rotatable bonds is 40. The van der Waals surface area contributed by atoms with Crippen LogP contribution in [0.3, 0.4) is 0 Å². The lowest BCUT2D eigenvalue weighted by Gasteiger charge is -2.41. The summed E-state index contributed by atoms with van der Waals surface area (Å²) in [5, 5.41) is 50.2. The summed E-state index contributed by atoms with van der Waals surface area (Å²) in [4.78, 5) is 35.7. The van der Waals surface area contributed by atoms with Gasteiger partial charge in [-0.15, -0.1) is 0 Å². The van der Waals surface area contributed by atoms with Crippen LogP contribution in [0.1, 0.15) is 206 Å². The highest BCUT2D eigenvalue weighted by atomic mass is 31.2. The normalized spacial score (nSPS) is 22.2. The zero-order valence-corrected chi connectivity index (χ0v) is 38.9. The second kappa shape index (κ2) is 37.7. The van der Waals surface area contributed by atoms with Gasteiger partial charge in [0.15, 0.2) is 6.10 Å². The summed E-state index contributed by atoms with van der Waals surface area (Å²) in [5.41, 5.74) is 0. The number of esters is 2. The maximum absolute atomic E-state index is 12.8. The van der Waals surface area contributed by atoms with Crippen molar-refractivity contribution in [2.24, 2.45) is 0 Å². The first-order valence-corrected chi connectivity index (χ1v) is 25.6. The number of carbonyl (C=O) groups excluding carboxylic acids is 2. The second-order valence-electron chi connectivity index (χ2n) is 17.0. The molecule has 0 saturated heterocycles. The Hall–Kier alpha value is -1.67. The second-order valence-corrected chi connectivity index (χ2v) is 18.4.